The standard InChI is InChI=1S/C10H6F2N2O4/c11-10(12)7-1-6(4-13)8(14(17)18)2-5(7)3-9(15)16/h1-2,10H,3H2,(H,15,16). The van der Waals surface area contributed by atoms with Crippen LogP contribution in [0.1, 0.15) is 23.1 Å². The lowest BCUT2D eigenvalue weighted by Gasteiger charge is -2.07. The van der Waals surface area contributed by atoms with E-state index in [0.29, 0.717) is 12.1 Å². The van der Waals surface area contributed by atoms with Crippen molar-refractivity contribution < 1.29 is 23.6 Å². The summed E-state index contributed by atoms with van der Waals surface area (Å²) in [5.41, 5.74) is -2.26. The smallest absolute Gasteiger partial charge is 0.307 e. The summed E-state index contributed by atoms with van der Waals surface area (Å²) in [7, 11) is 0. The van der Waals surface area contributed by atoms with Crippen molar-refractivity contribution >= 4 is 11.7 Å². The van der Waals surface area contributed by atoms with Crippen LogP contribution in [0.4, 0.5) is 14.5 Å². The first-order chi connectivity index (χ1) is 8.36. The molecule has 0 aliphatic heterocycles. The fraction of sp³-hybridized carbons (Fsp3) is 0.200. The highest BCUT2D eigenvalue weighted by molar-refractivity contribution is 5.72. The molecule has 1 N–H and O–H groups in total. The molecule has 1 rings (SSSR count). The molecule has 0 bridgehead atoms. The van der Waals surface area contributed by atoms with Gasteiger partial charge < -0.3 is 5.11 Å². The Morgan fingerprint density at radius 1 is 1.56 bits per heavy atom. The van der Waals surface area contributed by atoms with Crippen LogP contribution in [0.3, 0.4) is 0 Å². The van der Waals surface area contributed by atoms with Gasteiger partial charge in [-0.05, 0) is 11.6 Å². The largest absolute Gasteiger partial charge is 0.481 e. The Hall–Kier alpha value is -2.56. The van der Waals surface area contributed by atoms with Crippen LogP contribution in [0.15, 0.2) is 12.1 Å². The van der Waals surface area contributed by atoms with Crippen LogP contribution in [0, 0.1) is 21.4 Å². The van der Waals surface area contributed by atoms with Gasteiger partial charge in [0.05, 0.1) is 11.3 Å². The Bertz CT molecular complexity index is 552. The number of nitriles is 1. The molecule has 8 heteroatoms. The summed E-state index contributed by atoms with van der Waals surface area (Å²) in [6, 6.07) is 2.79. The number of carboxylic acid groups (broad SMARTS) is 1. The summed E-state index contributed by atoms with van der Waals surface area (Å²) >= 11 is 0. The van der Waals surface area contributed by atoms with Crippen LogP contribution in [0.25, 0.3) is 0 Å². The highest BCUT2D eigenvalue weighted by Crippen LogP contribution is 2.30. The minimum absolute atomic E-state index is 0.372. The van der Waals surface area contributed by atoms with Crippen LogP contribution in [-0.4, -0.2) is 16.0 Å². The molecule has 0 spiro atoms. The lowest BCUT2D eigenvalue weighted by molar-refractivity contribution is -0.385. The first-order valence-electron chi connectivity index (χ1n) is 4.58. The van der Waals surface area contributed by atoms with E-state index in [2.05, 4.69) is 0 Å². The van der Waals surface area contributed by atoms with Crippen LogP contribution in [0.2, 0.25) is 0 Å². The third kappa shape index (κ3) is 2.76. The zero-order valence-electron chi connectivity index (χ0n) is 8.76. The summed E-state index contributed by atoms with van der Waals surface area (Å²) in [5.74, 6) is -1.39. The van der Waals surface area contributed by atoms with Gasteiger partial charge in [0.2, 0.25) is 0 Å². The lowest BCUT2D eigenvalue weighted by Crippen LogP contribution is -2.06. The Balaban J connectivity index is 3.48. The average Bonchev–Trinajstić information content (AvgIpc) is 2.27. The Morgan fingerprint density at radius 3 is 2.56 bits per heavy atom. The third-order valence-electron chi connectivity index (χ3n) is 2.15. The highest BCUT2D eigenvalue weighted by Gasteiger charge is 2.23. The molecule has 0 radical (unpaired) electrons. The molecule has 0 fully saturated rings. The number of nitro benzene ring substituents is 1. The molecule has 94 valence electrons. The van der Waals surface area contributed by atoms with E-state index in [9.17, 15) is 23.7 Å². The summed E-state index contributed by atoms with van der Waals surface area (Å²) in [6.07, 6.45) is -3.78. The molecular weight excluding hydrogens is 250 g/mol. The zero-order valence-corrected chi connectivity index (χ0v) is 8.76. The van der Waals surface area contributed by atoms with E-state index in [1.807, 2.05) is 0 Å². The number of hydrogen-bond acceptors (Lipinski definition) is 4. The molecule has 0 unspecified atom stereocenters. The van der Waals surface area contributed by atoms with Gasteiger partial charge in [0.15, 0.2) is 0 Å². The number of alkyl halides is 2. The van der Waals surface area contributed by atoms with Crippen molar-refractivity contribution in [1.82, 2.24) is 0 Å². The first kappa shape index (κ1) is 13.5. The van der Waals surface area contributed by atoms with Gasteiger partial charge in [0, 0.05) is 11.6 Å². The SMILES string of the molecule is N#Cc1cc(C(F)F)c(CC(=O)O)cc1[N+](=O)[O-]. The molecule has 0 heterocycles. The monoisotopic (exact) mass is 256 g/mol. The number of nitro groups is 1. The van der Waals surface area contributed by atoms with Gasteiger partial charge in [-0.3, -0.25) is 14.9 Å². The first-order valence-corrected chi connectivity index (χ1v) is 4.58. The normalized spacial score (nSPS) is 10.1. The van der Waals surface area contributed by atoms with Gasteiger partial charge in [-0.25, -0.2) is 8.78 Å². The number of benzene rings is 1. The van der Waals surface area contributed by atoms with Crippen LogP contribution in [0.5, 0.6) is 0 Å². The summed E-state index contributed by atoms with van der Waals surface area (Å²) < 4.78 is 25.3. The fourth-order valence-electron chi connectivity index (χ4n) is 1.41. The highest BCUT2D eigenvalue weighted by atomic mass is 19.3. The van der Waals surface area contributed by atoms with Crippen LogP contribution < -0.4 is 0 Å². The van der Waals surface area contributed by atoms with E-state index >= 15 is 0 Å². The van der Waals surface area contributed by atoms with Gasteiger partial charge in [0.25, 0.3) is 12.1 Å². The topological polar surface area (TPSA) is 104 Å². The predicted molar refractivity (Wildman–Crippen MR) is 54.1 cm³/mol. The van der Waals surface area contributed by atoms with Crippen molar-refractivity contribution in [3.05, 3.63) is 38.9 Å². The van der Waals surface area contributed by atoms with Gasteiger partial charge in [0.1, 0.15) is 11.6 Å². The minimum atomic E-state index is -3.01. The number of halogens is 2. The molecule has 0 saturated carbocycles. The van der Waals surface area contributed by atoms with Gasteiger partial charge in [-0.15, -0.1) is 0 Å². The van der Waals surface area contributed by atoms with E-state index in [1.54, 1.807) is 0 Å². The second-order valence-corrected chi connectivity index (χ2v) is 3.31. The summed E-state index contributed by atoms with van der Waals surface area (Å²) in [6.45, 7) is 0. The van der Waals surface area contributed by atoms with Crippen molar-refractivity contribution in [3.63, 3.8) is 0 Å². The minimum Gasteiger partial charge on any atom is -0.481 e. The van der Waals surface area contributed by atoms with E-state index in [1.165, 1.54) is 6.07 Å². The fourth-order valence-corrected chi connectivity index (χ4v) is 1.41. The Morgan fingerprint density at radius 2 is 2.17 bits per heavy atom. The Kier molecular flexibility index (Phi) is 3.89. The molecule has 1 aromatic rings. The zero-order chi connectivity index (χ0) is 13.9. The van der Waals surface area contributed by atoms with Crippen molar-refractivity contribution in [2.24, 2.45) is 0 Å². The molecule has 1 aromatic carbocycles. The maximum absolute atomic E-state index is 12.7. The maximum atomic E-state index is 12.7. The van der Waals surface area contributed by atoms with Crippen molar-refractivity contribution in [3.8, 4) is 6.07 Å². The molecule has 0 amide bonds. The second kappa shape index (κ2) is 5.18. The Labute approximate surface area is 99.2 Å². The summed E-state index contributed by atoms with van der Waals surface area (Å²) in [4.78, 5) is 20.2. The maximum Gasteiger partial charge on any atom is 0.307 e. The lowest BCUT2D eigenvalue weighted by atomic mass is 10.0. The van der Waals surface area contributed by atoms with Crippen LogP contribution in [-0.2, 0) is 11.2 Å². The molecule has 18 heavy (non-hydrogen) atoms. The van der Waals surface area contributed by atoms with Crippen molar-refractivity contribution in [2.45, 2.75) is 12.8 Å². The quantitative estimate of drug-likeness (QED) is 0.655. The molecule has 0 aliphatic carbocycles. The van der Waals surface area contributed by atoms with Crippen LogP contribution >= 0.6 is 0 Å². The van der Waals surface area contributed by atoms with E-state index in [4.69, 9.17) is 10.4 Å². The second-order valence-electron chi connectivity index (χ2n) is 3.31. The molecule has 0 saturated heterocycles. The van der Waals surface area contributed by atoms with Crippen molar-refractivity contribution in [1.29, 1.82) is 5.26 Å². The molecular formula is C10H6F2N2O4. The number of nitrogens with zero attached hydrogens (tertiary/aromatic N) is 2. The number of carbonyl (C=O) groups is 1. The van der Waals surface area contributed by atoms with Gasteiger partial charge in [-0.1, -0.05) is 0 Å². The van der Waals surface area contributed by atoms with Gasteiger partial charge in [-0.2, -0.15) is 5.26 Å². The van der Waals surface area contributed by atoms with E-state index in [0.717, 1.165) is 0 Å². The number of hydrogen-bond donors (Lipinski definition) is 1. The third-order valence-corrected chi connectivity index (χ3v) is 2.15. The number of rotatable bonds is 4. The molecule has 6 nitrogen and oxygen atoms in total. The predicted octanol–water partition coefficient (Wildman–Crippen LogP) is 2.03. The summed E-state index contributed by atoms with van der Waals surface area (Å²) in [5, 5.41) is 27.8. The van der Waals surface area contributed by atoms with Crippen molar-refractivity contribution in [2.75, 3.05) is 0 Å². The molecule has 0 aliphatic rings. The number of aliphatic carboxylic acids is 1. The van der Waals surface area contributed by atoms with E-state index in [-0.39, 0.29) is 5.56 Å². The number of carboxylic acids is 1. The van der Waals surface area contributed by atoms with Gasteiger partial charge >= 0.3 is 5.97 Å². The average molecular weight is 256 g/mol. The molecule has 0 aromatic heterocycles. The molecule has 0 atom stereocenters. The van der Waals surface area contributed by atoms with E-state index < -0.39 is 40.6 Å².